The number of nitrogens with zero attached hydrogens (tertiary/aromatic N) is 2. The summed E-state index contributed by atoms with van der Waals surface area (Å²) in [6.45, 7) is 4.59. The molecule has 1 fully saturated rings. The highest BCUT2D eigenvalue weighted by Crippen LogP contribution is 2.17. The molecule has 1 aliphatic rings. The number of benzene rings is 1. The molecule has 1 N–H and O–H groups in total. The van der Waals surface area contributed by atoms with Crippen LogP contribution < -0.4 is 5.32 Å². The van der Waals surface area contributed by atoms with Crippen molar-refractivity contribution >= 4 is 17.3 Å². The first-order valence-corrected chi connectivity index (χ1v) is 7.95. The number of pyridine rings is 1. The lowest BCUT2D eigenvalue weighted by Gasteiger charge is -2.26. The number of aryl methyl sites for hydroxylation is 1. The number of anilines is 2. The monoisotopic (exact) mass is 311 g/mol. The molecular weight excluding hydrogens is 290 g/mol. The average Bonchev–Trinajstić information content (AvgIpc) is 2.63. The van der Waals surface area contributed by atoms with Gasteiger partial charge in [0.1, 0.15) is 5.69 Å². The number of morpholine rings is 1. The van der Waals surface area contributed by atoms with Gasteiger partial charge in [0, 0.05) is 18.8 Å². The SMILES string of the molecule is CCc1ccc(Nc2ccc(C(=O)N3CCOCC3)nc2)cc1. The molecule has 23 heavy (non-hydrogen) atoms. The van der Waals surface area contributed by atoms with Crippen LogP contribution in [0.2, 0.25) is 0 Å². The standard InChI is InChI=1S/C18H21N3O2/c1-2-14-3-5-15(6-4-14)20-16-7-8-17(19-13-16)18(22)21-9-11-23-12-10-21/h3-8,13,20H,2,9-12H2,1H3. The topological polar surface area (TPSA) is 54.5 Å². The smallest absolute Gasteiger partial charge is 0.272 e. The highest BCUT2D eigenvalue weighted by Gasteiger charge is 2.19. The van der Waals surface area contributed by atoms with E-state index in [1.54, 1.807) is 17.2 Å². The van der Waals surface area contributed by atoms with Crippen molar-refractivity contribution in [1.29, 1.82) is 0 Å². The Labute approximate surface area is 136 Å². The first-order valence-electron chi connectivity index (χ1n) is 7.95. The maximum Gasteiger partial charge on any atom is 0.272 e. The van der Waals surface area contributed by atoms with Gasteiger partial charge in [0.15, 0.2) is 0 Å². The van der Waals surface area contributed by atoms with Crippen LogP contribution in [-0.2, 0) is 11.2 Å². The Balaban J connectivity index is 1.65. The number of hydrogen-bond donors (Lipinski definition) is 1. The minimum Gasteiger partial charge on any atom is -0.378 e. The summed E-state index contributed by atoms with van der Waals surface area (Å²) in [5.74, 6) is -0.0350. The van der Waals surface area contributed by atoms with Gasteiger partial charge in [-0.15, -0.1) is 0 Å². The van der Waals surface area contributed by atoms with E-state index >= 15 is 0 Å². The molecule has 5 nitrogen and oxygen atoms in total. The Morgan fingerprint density at radius 3 is 2.43 bits per heavy atom. The minimum absolute atomic E-state index is 0.0350. The van der Waals surface area contributed by atoms with E-state index in [1.807, 2.05) is 18.2 Å². The van der Waals surface area contributed by atoms with E-state index in [0.29, 0.717) is 32.0 Å². The third-order valence-corrected chi connectivity index (χ3v) is 3.93. The molecule has 1 saturated heterocycles. The van der Waals surface area contributed by atoms with E-state index in [9.17, 15) is 4.79 Å². The van der Waals surface area contributed by atoms with Gasteiger partial charge < -0.3 is 15.0 Å². The van der Waals surface area contributed by atoms with E-state index in [-0.39, 0.29) is 5.91 Å². The van der Waals surface area contributed by atoms with E-state index in [4.69, 9.17) is 4.74 Å². The van der Waals surface area contributed by atoms with Crippen molar-refractivity contribution in [3.63, 3.8) is 0 Å². The van der Waals surface area contributed by atoms with Crippen LogP contribution in [0.4, 0.5) is 11.4 Å². The second-order valence-electron chi connectivity index (χ2n) is 5.51. The van der Waals surface area contributed by atoms with Crippen molar-refractivity contribution in [1.82, 2.24) is 9.88 Å². The molecule has 5 heteroatoms. The first-order chi connectivity index (χ1) is 11.3. The second kappa shape index (κ2) is 7.24. The third kappa shape index (κ3) is 3.87. The van der Waals surface area contributed by atoms with Gasteiger partial charge in [0.2, 0.25) is 0 Å². The van der Waals surface area contributed by atoms with Gasteiger partial charge in [-0.25, -0.2) is 4.98 Å². The lowest BCUT2D eigenvalue weighted by atomic mass is 10.1. The summed E-state index contributed by atoms with van der Waals surface area (Å²) in [7, 11) is 0. The molecule has 1 amide bonds. The predicted molar refractivity (Wildman–Crippen MR) is 90.1 cm³/mol. The number of aromatic nitrogens is 1. The van der Waals surface area contributed by atoms with Gasteiger partial charge in [0.05, 0.1) is 25.1 Å². The molecule has 0 radical (unpaired) electrons. The fraction of sp³-hybridized carbons (Fsp3) is 0.333. The fourth-order valence-corrected chi connectivity index (χ4v) is 2.51. The largest absolute Gasteiger partial charge is 0.378 e. The minimum atomic E-state index is -0.0350. The van der Waals surface area contributed by atoms with E-state index in [0.717, 1.165) is 17.8 Å². The molecule has 0 bridgehead atoms. The van der Waals surface area contributed by atoms with Crippen molar-refractivity contribution in [3.8, 4) is 0 Å². The number of carbonyl (C=O) groups excluding carboxylic acids is 1. The van der Waals surface area contributed by atoms with Crippen molar-refractivity contribution < 1.29 is 9.53 Å². The quantitative estimate of drug-likeness (QED) is 0.943. The van der Waals surface area contributed by atoms with Crippen molar-refractivity contribution in [3.05, 3.63) is 53.9 Å². The predicted octanol–water partition coefficient (Wildman–Crippen LogP) is 2.86. The highest BCUT2D eigenvalue weighted by atomic mass is 16.5. The summed E-state index contributed by atoms with van der Waals surface area (Å²) in [5.41, 5.74) is 3.66. The third-order valence-electron chi connectivity index (χ3n) is 3.93. The van der Waals surface area contributed by atoms with E-state index in [1.165, 1.54) is 5.56 Å². The molecule has 1 aliphatic heterocycles. The summed E-state index contributed by atoms with van der Waals surface area (Å²) in [6, 6.07) is 11.9. The van der Waals surface area contributed by atoms with Crippen LogP contribution in [0.3, 0.4) is 0 Å². The van der Waals surface area contributed by atoms with Gasteiger partial charge in [-0.2, -0.15) is 0 Å². The summed E-state index contributed by atoms with van der Waals surface area (Å²) < 4.78 is 5.26. The van der Waals surface area contributed by atoms with Crippen LogP contribution in [0, 0.1) is 0 Å². The van der Waals surface area contributed by atoms with Gasteiger partial charge in [-0.3, -0.25) is 4.79 Å². The zero-order chi connectivity index (χ0) is 16.1. The second-order valence-corrected chi connectivity index (χ2v) is 5.51. The Bertz CT molecular complexity index is 647. The van der Waals surface area contributed by atoms with Crippen LogP contribution in [0.1, 0.15) is 23.0 Å². The molecule has 3 rings (SSSR count). The summed E-state index contributed by atoms with van der Waals surface area (Å²) in [5, 5.41) is 3.29. The molecular formula is C18H21N3O2. The number of rotatable bonds is 4. The first kappa shape index (κ1) is 15.5. The maximum atomic E-state index is 12.3. The molecule has 0 saturated carbocycles. The van der Waals surface area contributed by atoms with Crippen LogP contribution in [0.15, 0.2) is 42.6 Å². The zero-order valence-corrected chi connectivity index (χ0v) is 13.3. The van der Waals surface area contributed by atoms with Gasteiger partial charge in [-0.05, 0) is 36.2 Å². The van der Waals surface area contributed by atoms with Crippen LogP contribution >= 0.6 is 0 Å². The van der Waals surface area contributed by atoms with Gasteiger partial charge in [0.25, 0.3) is 5.91 Å². The van der Waals surface area contributed by atoms with Crippen LogP contribution in [0.5, 0.6) is 0 Å². The van der Waals surface area contributed by atoms with Gasteiger partial charge >= 0.3 is 0 Å². The molecule has 0 atom stereocenters. The van der Waals surface area contributed by atoms with Crippen molar-refractivity contribution in [2.75, 3.05) is 31.6 Å². The molecule has 120 valence electrons. The Morgan fingerprint density at radius 2 is 1.83 bits per heavy atom. The zero-order valence-electron chi connectivity index (χ0n) is 13.3. The number of hydrogen-bond acceptors (Lipinski definition) is 4. The number of nitrogens with one attached hydrogen (secondary N) is 1. The Morgan fingerprint density at radius 1 is 1.13 bits per heavy atom. The lowest BCUT2D eigenvalue weighted by molar-refractivity contribution is 0.0299. The van der Waals surface area contributed by atoms with Crippen LogP contribution in [-0.4, -0.2) is 42.1 Å². The summed E-state index contributed by atoms with van der Waals surface area (Å²) in [4.78, 5) is 18.4. The molecule has 1 aromatic carbocycles. The molecule has 0 unspecified atom stereocenters. The Hall–Kier alpha value is -2.40. The fourth-order valence-electron chi connectivity index (χ4n) is 2.51. The molecule has 0 spiro atoms. The summed E-state index contributed by atoms with van der Waals surface area (Å²) >= 11 is 0. The number of amides is 1. The van der Waals surface area contributed by atoms with Gasteiger partial charge in [-0.1, -0.05) is 19.1 Å². The number of ether oxygens (including phenoxy) is 1. The van der Waals surface area contributed by atoms with E-state index < -0.39 is 0 Å². The normalized spacial score (nSPS) is 14.6. The molecule has 0 aliphatic carbocycles. The number of carbonyl (C=O) groups is 1. The molecule has 2 heterocycles. The van der Waals surface area contributed by atoms with Crippen molar-refractivity contribution in [2.45, 2.75) is 13.3 Å². The molecule has 2 aromatic rings. The average molecular weight is 311 g/mol. The highest BCUT2D eigenvalue weighted by molar-refractivity contribution is 5.92. The summed E-state index contributed by atoms with van der Waals surface area (Å²) in [6.07, 6.45) is 2.72. The molecule has 1 aromatic heterocycles. The van der Waals surface area contributed by atoms with Crippen LogP contribution in [0.25, 0.3) is 0 Å². The van der Waals surface area contributed by atoms with Crippen molar-refractivity contribution in [2.24, 2.45) is 0 Å². The lowest BCUT2D eigenvalue weighted by Crippen LogP contribution is -2.41. The van der Waals surface area contributed by atoms with E-state index in [2.05, 4.69) is 29.4 Å². The Kier molecular flexibility index (Phi) is 4.88. The maximum absolute atomic E-state index is 12.3.